The lowest BCUT2D eigenvalue weighted by molar-refractivity contribution is -0.00805. The average Bonchev–Trinajstić information content (AvgIpc) is 3.23. The lowest BCUT2D eigenvalue weighted by Gasteiger charge is -2.34. The molecule has 1 aromatic carbocycles. The van der Waals surface area contributed by atoms with E-state index in [0.29, 0.717) is 18.7 Å². The molecule has 1 aliphatic heterocycles. The van der Waals surface area contributed by atoms with Crippen molar-refractivity contribution in [3.05, 3.63) is 53.3 Å². The van der Waals surface area contributed by atoms with Crippen molar-refractivity contribution in [3.63, 3.8) is 0 Å². The van der Waals surface area contributed by atoms with Gasteiger partial charge in [0.1, 0.15) is 6.10 Å². The number of hydrogen-bond acceptors (Lipinski definition) is 4. The summed E-state index contributed by atoms with van der Waals surface area (Å²) in [6.07, 6.45) is 4.75. The maximum atomic E-state index is 12.3. The first kappa shape index (κ1) is 22.8. The van der Waals surface area contributed by atoms with Crippen LogP contribution in [0.15, 0.2) is 41.7 Å². The fraction of sp³-hybridized carbons (Fsp3) is 0.522. The summed E-state index contributed by atoms with van der Waals surface area (Å²) in [5.74, 6) is 0.839. The maximum Gasteiger partial charge on any atom is 0.251 e. The highest BCUT2D eigenvalue weighted by molar-refractivity contribution is 5.94. The first-order valence-electron chi connectivity index (χ1n) is 11.0. The van der Waals surface area contributed by atoms with E-state index in [1.54, 1.807) is 4.68 Å². The summed E-state index contributed by atoms with van der Waals surface area (Å²) in [5.41, 5.74) is 2.81. The van der Waals surface area contributed by atoms with Gasteiger partial charge in [-0.25, -0.2) is 4.99 Å². The van der Waals surface area contributed by atoms with Gasteiger partial charge in [-0.2, -0.15) is 5.10 Å². The molecule has 3 rings (SSSR count). The normalized spacial score (nSPS) is 18.0. The van der Waals surface area contributed by atoms with Crippen molar-refractivity contribution in [1.29, 1.82) is 0 Å². The first-order chi connectivity index (χ1) is 15.0. The van der Waals surface area contributed by atoms with Gasteiger partial charge in [0.05, 0.1) is 25.9 Å². The van der Waals surface area contributed by atoms with E-state index in [1.165, 1.54) is 0 Å². The Morgan fingerprint density at radius 3 is 2.74 bits per heavy atom. The standard InChI is InChI=1S/C23H34N6O2/c1-5-17(3)27-22(30)19-9-7-18(8-10-19)13-25-23(24-6-2)29-11-12-31-21(16-29)20-14-26-28(4)15-20/h7-10,14-15,17,21H,5-6,11-13,16H2,1-4H3,(H,24,25)(H,27,30). The van der Waals surface area contributed by atoms with Crippen LogP contribution in [0.1, 0.15) is 54.8 Å². The van der Waals surface area contributed by atoms with Crippen LogP contribution < -0.4 is 10.6 Å². The Kier molecular flexibility index (Phi) is 8.06. The summed E-state index contributed by atoms with van der Waals surface area (Å²) in [6.45, 7) is 9.63. The minimum atomic E-state index is -0.0347. The number of carbonyl (C=O) groups is 1. The third-order valence-electron chi connectivity index (χ3n) is 5.41. The molecule has 2 heterocycles. The molecule has 1 saturated heterocycles. The van der Waals surface area contributed by atoms with Gasteiger partial charge in [0.25, 0.3) is 5.91 Å². The zero-order valence-corrected chi connectivity index (χ0v) is 19.0. The van der Waals surface area contributed by atoms with Crippen LogP contribution in [0, 0.1) is 0 Å². The zero-order valence-electron chi connectivity index (χ0n) is 19.0. The molecule has 0 bridgehead atoms. The monoisotopic (exact) mass is 426 g/mol. The van der Waals surface area contributed by atoms with Gasteiger partial charge in [-0.15, -0.1) is 0 Å². The van der Waals surface area contributed by atoms with Crippen LogP contribution in [0.3, 0.4) is 0 Å². The largest absolute Gasteiger partial charge is 0.370 e. The van der Waals surface area contributed by atoms with Crippen LogP contribution in [0.5, 0.6) is 0 Å². The Morgan fingerprint density at radius 2 is 2.10 bits per heavy atom. The summed E-state index contributed by atoms with van der Waals surface area (Å²) in [6, 6.07) is 7.83. The Labute approximate surface area is 184 Å². The lowest BCUT2D eigenvalue weighted by Crippen LogP contribution is -2.48. The molecule has 8 heteroatoms. The first-order valence-corrected chi connectivity index (χ1v) is 11.0. The van der Waals surface area contributed by atoms with Crippen LogP contribution in [0.2, 0.25) is 0 Å². The highest BCUT2D eigenvalue weighted by atomic mass is 16.5. The number of aromatic nitrogens is 2. The van der Waals surface area contributed by atoms with Gasteiger partial charge in [0.2, 0.25) is 0 Å². The number of nitrogens with one attached hydrogen (secondary N) is 2. The molecule has 0 spiro atoms. The smallest absolute Gasteiger partial charge is 0.251 e. The molecule has 1 aliphatic rings. The van der Waals surface area contributed by atoms with Crippen LogP contribution >= 0.6 is 0 Å². The maximum absolute atomic E-state index is 12.3. The Morgan fingerprint density at radius 1 is 1.32 bits per heavy atom. The van der Waals surface area contributed by atoms with Crippen LogP contribution in [0.4, 0.5) is 0 Å². The number of aryl methyl sites for hydroxylation is 1. The van der Waals surface area contributed by atoms with Gasteiger partial charge in [-0.05, 0) is 38.0 Å². The Balaban J connectivity index is 1.64. The van der Waals surface area contributed by atoms with E-state index in [2.05, 4.69) is 34.5 Å². The predicted molar refractivity (Wildman–Crippen MR) is 122 cm³/mol. The lowest BCUT2D eigenvalue weighted by atomic mass is 10.1. The van der Waals surface area contributed by atoms with Gasteiger partial charge < -0.3 is 20.3 Å². The molecule has 2 unspecified atom stereocenters. The summed E-state index contributed by atoms with van der Waals surface area (Å²) < 4.78 is 7.75. The minimum absolute atomic E-state index is 0.0189. The number of amides is 1. The Bertz CT molecular complexity index is 876. The van der Waals surface area contributed by atoms with Crippen molar-refractivity contribution in [2.24, 2.45) is 12.0 Å². The molecule has 0 aliphatic carbocycles. The van der Waals surface area contributed by atoms with E-state index in [1.807, 2.05) is 50.6 Å². The molecule has 1 aromatic heterocycles. The zero-order chi connectivity index (χ0) is 22.2. The quantitative estimate of drug-likeness (QED) is 0.525. The van der Waals surface area contributed by atoms with Gasteiger partial charge in [-0.1, -0.05) is 19.1 Å². The van der Waals surface area contributed by atoms with Gasteiger partial charge in [-0.3, -0.25) is 9.48 Å². The van der Waals surface area contributed by atoms with Gasteiger partial charge in [0.15, 0.2) is 5.96 Å². The number of nitrogens with zero attached hydrogens (tertiary/aromatic N) is 4. The van der Waals surface area contributed by atoms with Crippen LogP contribution in [0.25, 0.3) is 0 Å². The molecule has 1 fully saturated rings. The summed E-state index contributed by atoms with van der Waals surface area (Å²) >= 11 is 0. The summed E-state index contributed by atoms with van der Waals surface area (Å²) in [5, 5.41) is 10.6. The number of guanidine groups is 1. The fourth-order valence-electron chi connectivity index (χ4n) is 3.41. The molecule has 2 atom stereocenters. The van der Waals surface area contributed by atoms with Crippen molar-refractivity contribution in [3.8, 4) is 0 Å². The topological polar surface area (TPSA) is 83.8 Å². The number of hydrogen-bond donors (Lipinski definition) is 2. The van der Waals surface area contributed by atoms with E-state index in [4.69, 9.17) is 9.73 Å². The molecule has 8 nitrogen and oxygen atoms in total. The molecule has 0 radical (unpaired) electrons. The third kappa shape index (κ3) is 6.30. The average molecular weight is 427 g/mol. The number of aliphatic imine (C=N–C) groups is 1. The van der Waals surface area contributed by atoms with E-state index >= 15 is 0 Å². The van der Waals surface area contributed by atoms with Gasteiger partial charge in [0, 0.05) is 43.5 Å². The third-order valence-corrected chi connectivity index (χ3v) is 5.41. The van der Waals surface area contributed by atoms with Crippen molar-refractivity contribution in [1.82, 2.24) is 25.3 Å². The molecule has 1 amide bonds. The highest BCUT2D eigenvalue weighted by Crippen LogP contribution is 2.21. The number of rotatable bonds is 7. The SMILES string of the molecule is CCNC(=NCc1ccc(C(=O)NC(C)CC)cc1)N1CCOC(c2cnn(C)c2)C1. The van der Waals surface area contributed by atoms with Crippen molar-refractivity contribution >= 4 is 11.9 Å². The van der Waals surface area contributed by atoms with Crippen molar-refractivity contribution in [2.45, 2.75) is 45.9 Å². The number of benzene rings is 1. The molecule has 0 saturated carbocycles. The summed E-state index contributed by atoms with van der Waals surface area (Å²) in [7, 11) is 1.91. The van der Waals surface area contributed by atoms with Gasteiger partial charge >= 0.3 is 0 Å². The molecular weight excluding hydrogens is 392 g/mol. The summed E-state index contributed by atoms with van der Waals surface area (Å²) in [4.78, 5) is 19.3. The molecular formula is C23H34N6O2. The Hall–Kier alpha value is -2.87. The van der Waals surface area contributed by atoms with E-state index < -0.39 is 0 Å². The second-order valence-corrected chi connectivity index (χ2v) is 7.90. The second kappa shape index (κ2) is 10.9. The van der Waals surface area contributed by atoms with E-state index in [-0.39, 0.29) is 18.1 Å². The molecule has 2 aromatic rings. The molecule has 31 heavy (non-hydrogen) atoms. The van der Waals surface area contributed by atoms with E-state index in [9.17, 15) is 4.79 Å². The minimum Gasteiger partial charge on any atom is -0.370 e. The number of carbonyl (C=O) groups excluding carboxylic acids is 1. The number of morpholine rings is 1. The predicted octanol–water partition coefficient (Wildman–Crippen LogP) is 2.49. The van der Waals surface area contributed by atoms with Crippen LogP contribution in [-0.2, 0) is 18.3 Å². The second-order valence-electron chi connectivity index (χ2n) is 7.90. The fourth-order valence-corrected chi connectivity index (χ4v) is 3.41. The number of ether oxygens (including phenoxy) is 1. The molecule has 168 valence electrons. The van der Waals surface area contributed by atoms with E-state index in [0.717, 1.165) is 43.1 Å². The highest BCUT2D eigenvalue weighted by Gasteiger charge is 2.25. The molecule has 2 N–H and O–H groups in total. The van der Waals surface area contributed by atoms with Crippen molar-refractivity contribution < 1.29 is 9.53 Å². The van der Waals surface area contributed by atoms with Crippen LogP contribution in [-0.4, -0.2) is 58.8 Å². The van der Waals surface area contributed by atoms with Crippen molar-refractivity contribution in [2.75, 3.05) is 26.2 Å².